The van der Waals surface area contributed by atoms with Gasteiger partial charge in [-0.15, -0.1) is 0 Å². The molecule has 0 unspecified atom stereocenters. The van der Waals surface area contributed by atoms with Gasteiger partial charge >= 0.3 is 0 Å². The topological polar surface area (TPSA) is 50.4 Å². The zero-order chi connectivity index (χ0) is 14.9. The third-order valence-corrected chi connectivity index (χ3v) is 2.55. The van der Waals surface area contributed by atoms with Gasteiger partial charge < -0.3 is 15.4 Å². The van der Waals surface area contributed by atoms with E-state index in [1.165, 1.54) is 0 Å². The van der Waals surface area contributed by atoms with Crippen LogP contribution in [0.2, 0.25) is 0 Å². The lowest BCUT2D eigenvalue weighted by atomic mass is 9.96. The molecule has 0 aliphatic carbocycles. The molecule has 0 aromatic carbocycles. The van der Waals surface area contributed by atoms with E-state index in [4.69, 9.17) is 4.74 Å². The molecule has 0 aromatic heterocycles. The summed E-state index contributed by atoms with van der Waals surface area (Å²) in [6.07, 6.45) is 1.89. The van der Waals surface area contributed by atoms with Crippen LogP contribution >= 0.6 is 0 Å². The Morgan fingerprint density at radius 2 is 1.47 bits per heavy atom. The Morgan fingerprint density at radius 1 is 0.947 bits per heavy atom. The van der Waals surface area contributed by atoms with E-state index < -0.39 is 0 Å². The number of hydrogen-bond donors (Lipinski definition) is 2. The van der Waals surface area contributed by atoms with Crippen molar-refractivity contribution < 1.29 is 9.53 Å². The largest absolute Gasteiger partial charge is 0.381 e. The van der Waals surface area contributed by atoms with Crippen LogP contribution in [0.1, 0.15) is 54.4 Å². The zero-order valence-electron chi connectivity index (χ0n) is 13.6. The van der Waals surface area contributed by atoms with E-state index in [0.717, 1.165) is 26.0 Å². The van der Waals surface area contributed by atoms with Gasteiger partial charge in [-0.05, 0) is 40.2 Å². The van der Waals surface area contributed by atoms with Gasteiger partial charge in [-0.25, -0.2) is 0 Å². The van der Waals surface area contributed by atoms with Crippen molar-refractivity contribution in [1.82, 2.24) is 10.6 Å². The molecule has 114 valence electrons. The van der Waals surface area contributed by atoms with Gasteiger partial charge in [0, 0.05) is 30.7 Å². The summed E-state index contributed by atoms with van der Waals surface area (Å²) in [5, 5.41) is 6.33. The SMILES string of the molecule is CC(C)(C)NCCCOCCCNC(=O)C(C)(C)C. The highest BCUT2D eigenvalue weighted by molar-refractivity contribution is 5.81. The fourth-order valence-electron chi connectivity index (χ4n) is 1.38. The Kier molecular flexibility index (Phi) is 8.26. The number of ether oxygens (including phenoxy) is 1. The first-order valence-corrected chi connectivity index (χ1v) is 7.24. The summed E-state index contributed by atoms with van der Waals surface area (Å²) < 4.78 is 5.52. The second-order valence-corrected chi connectivity index (χ2v) is 7.00. The van der Waals surface area contributed by atoms with Gasteiger partial charge in [-0.3, -0.25) is 4.79 Å². The summed E-state index contributed by atoms with van der Waals surface area (Å²) in [6, 6.07) is 0. The fourth-order valence-corrected chi connectivity index (χ4v) is 1.38. The van der Waals surface area contributed by atoms with Gasteiger partial charge in [0.15, 0.2) is 0 Å². The van der Waals surface area contributed by atoms with Crippen LogP contribution in [0.3, 0.4) is 0 Å². The first-order chi connectivity index (χ1) is 8.63. The van der Waals surface area contributed by atoms with Crippen LogP contribution in [0.25, 0.3) is 0 Å². The van der Waals surface area contributed by atoms with E-state index in [1.807, 2.05) is 20.8 Å². The molecule has 0 aromatic rings. The molecular formula is C15H32N2O2. The molecule has 0 aliphatic rings. The van der Waals surface area contributed by atoms with Crippen molar-refractivity contribution in [1.29, 1.82) is 0 Å². The third kappa shape index (κ3) is 12.2. The smallest absolute Gasteiger partial charge is 0.225 e. The molecular weight excluding hydrogens is 240 g/mol. The normalized spacial score (nSPS) is 12.5. The molecule has 0 saturated heterocycles. The lowest BCUT2D eigenvalue weighted by Crippen LogP contribution is -2.36. The number of rotatable bonds is 8. The van der Waals surface area contributed by atoms with Crippen LogP contribution in [0.5, 0.6) is 0 Å². The lowest BCUT2D eigenvalue weighted by molar-refractivity contribution is -0.128. The molecule has 0 bridgehead atoms. The van der Waals surface area contributed by atoms with Crippen molar-refractivity contribution >= 4 is 5.91 Å². The first kappa shape index (κ1) is 18.4. The monoisotopic (exact) mass is 272 g/mol. The van der Waals surface area contributed by atoms with Gasteiger partial charge in [0.05, 0.1) is 0 Å². The molecule has 19 heavy (non-hydrogen) atoms. The molecule has 2 N–H and O–H groups in total. The minimum Gasteiger partial charge on any atom is -0.381 e. The van der Waals surface area contributed by atoms with Crippen LogP contribution in [0.4, 0.5) is 0 Å². The summed E-state index contributed by atoms with van der Waals surface area (Å²) in [5.41, 5.74) is -0.128. The number of nitrogens with one attached hydrogen (secondary N) is 2. The van der Waals surface area contributed by atoms with E-state index in [9.17, 15) is 4.79 Å². The Hall–Kier alpha value is -0.610. The molecule has 0 saturated carbocycles. The van der Waals surface area contributed by atoms with Crippen molar-refractivity contribution in [2.24, 2.45) is 5.41 Å². The highest BCUT2D eigenvalue weighted by Gasteiger charge is 2.19. The summed E-state index contributed by atoms with van der Waals surface area (Å²) in [5.74, 6) is 0.0990. The zero-order valence-corrected chi connectivity index (χ0v) is 13.6. The maximum Gasteiger partial charge on any atom is 0.225 e. The standard InChI is InChI=1S/C15H32N2O2/c1-14(2,3)13(18)16-9-7-11-19-12-8-10-17-15(4,5)6/h17H,7-12H2,1-6H3,(H,16,18). The molecule has 0 fully saturated rings. The van der Waals surface area contributed by atoms with E-state index in [1.54, 1.807) is 0 Å². The Morgan fingerprint density at radius 3 is 1.95 bits per heavy atom. The predicted molar refractivity (Wildman–Crippen MR) is 80.3 cm³/mol. The van der Waals surface area contributed by atoms with Gasteiger partial charge in [0.2, 0.25) is 5.91 Å². The molecule has 4 heteroatoms. The fraction of sp³-hybridized carbons (Fsp3) is 0.933. The maximum atomic E-state index is 11.6. The quantitative estimate of drug-likeness (QED) is 0.667. The van der Waals surface area contributed by atoms with Gasteiger partial charge in [-0.1, -0.05) is 20.8 Å². The predicted octanol–water partition coefficient (Wildman–Crippen LogP) is 2.33. The highest BCUT2D eigenvalue weighted by atomic mass is 16.5. The van der Waals surface area contributed by atoms with Crippen LogP contribution in [-0.2, 0) is 9.53 Å². The number of hydrogen-bond acceptors (Lipinski definition) is 3. The van der Waals surface area contributed by atoms with Crippen molar-refractivity contribution in [3.63, 3.8) is 0 Å². The average Bonchev–Trinajstić information content (AvgIpc) is 2.23. The van der Waals surface area contributed by atoms with Crippen LogP contribution < -0.4 is 10.6 Å². The van der Waals surface area contributed by atoms with Crippen molar-refractivity contribution in [3.05, 3.63) is 0 Å². The molecule has 0 heterocycles. The molecule has 0 spiro atoms. The number of carbonyl (C=O) groups excluding carboxylic acids is 1. The minimum atomic E-state index is -0.306. The van der Waals surface area contributed by atoms with E-state index in [2.05, 4.69) is 31.4 Å². The molecule has 0 radical (unpaired) electrons. The third-order valence-electron chi connectivity index (χ3n) is 2.55. The summed E-state index contributed by atoms with van der Waals surface area (Å²) in [4.78, 5) is 11.6. The van der Waals surface area contributed by atoms with Crippen molar-refractivity contribution in [3.8, 4) is 0 Å². The Balaban J connectivity index is 3.31. The highest BCUT2D eigenvalue weighted by Crippen LogP contribution is 2.11. The van der Waals surface area contributed by atoms with Crippen molar-refractivity contribution in [2.75, 3.05) is 26.3 Å². The van der Waals surface area contributed by atoms with E-state index in [0.29, 0.717) is 13.2 Å². The van der Waals surface area contributed by atoms with E-state index >= 15 is 0 Å². The maximum absolute atomic E-state index is 11.6. The Labute approximate surface area is 118 Å². The van der Waals surface area contributed by atoms with Crippen LogP contribution in [-0.4, -0.2) is 37.7 Å². The lowest BCUT2D eigenvalue weighted by Gasteiger charge is -2.20. The number of carbonyl (C=O) groups is 1. The van der Waals surface area contributed by atoms with Crippen LogP contribution in [0.15, 0.2) is 0 Å². The average molecular weight is 272 g/mol. The van der Waals surface area contributed by atoms with Crippen LogP contribution in [0, 0.1) is 5.41 Å². The minimum absolute atomic E-state index is 0.0990. The van der Waals surface area contributed by atoms with Gasteiger partial charge in [0.25, 0.3) is 0 Å². The molecule has 0 atom stereocenters. The van der Waals surface area contributed by atoms with Crippen molar-refractivity contribution in [2.45, 2.75) is 59.9 Å². The second kappa shape index (κ2) is 8.54. The summed E-state index contributed by atoms with van der Waals surface area (Å²) in [7, 11) is 0. The number of amides is 1. The van der Waals surface area contributed by atoms with Gasteiger partial charge in [0.1, 0.15) is 0 Å². The molecule has 1 amide bonds. The van der Waals surface area contributed by atoms with E-state index in [-0.39, 0.29) is 16.9 Å². The molecule has 4 nitrogen and oxygen atoms in total. The molecule has 0 aliphatic heterocycles. The second-order valence-electron chi connectivity index (χ2n) is 7.00. The summed E-state index contributed by atoms with van der Waals surface area (Å²) in [6.45, 7) is 15.4. The Bertz CT molecular complexity index is 252. The molecule has 0 rings (SSSR count). The first-order valence-electron chi connectivity index (χ1n) is 7.24. The summed E-state index contributed by atoms with van der Waals surface area (Å²) >= 11 is 0. The van der Waals surface area contributed by atoms with Gasteiger partial charge in [-0.2, -0.15) is 0 Å².